The Hall–Kier alpha value is 0.0400. The molecule has 0 aromatic rings. The lowest BCUT2D eigenvalue weighted by atomic mass is 10.8. The summed E-state index contributed by atoms with van der Waals surface area (Å²) in [6, 6.07) is 0. The highest BCUT2D eigenvalue weighted by Crippen LogP contribution is 2.10. The van der Waals surface area contributed by atoms with Crippen LogP contribution in [0.25, 0.3) is 0 Å². The molecule has 0 atom stereocenters. The summed E-state index contributed by atoms with van der Waals surface area (Å²) in [5, 5.41) is 0. The molecular weight excluding hydrogens is 142 g/mol. The van der Waals surface area contributed by atoms with Crippen LogP contribution < -0.4 is 5.73 Å². The first kappa shape index (κ1) is 15.7. The van der Waals surface area contributed by atoms with Gasteiger partial charge in [0.25, 0.3) is 0 Å². The first-order valence-corrected chi connectivity index (χ1v) is 1.64. The number of hydrogen-bond acceptors (Lipinski definition) is 1. The van der Waals surface area contributed by atoms with Crippen molar-refractivity contribution in [1.82, 2.24) is 0 Å². The first-order chi connectivity index (χ1) is 3.00. The Labute approximate surface area is 52.5 Å². The van der Waals surface area contributed by atoms with Crippen LogP contribution >= 0.6 is 12.4 Å². The van der Waals surface area contributed by atoms with E-state index in [2.05, 4.69) is 5.73 Å². The molecule has 1 nitrogen and oxygen atoms in total. The summed E-state index contributed by atoms with van der Waals surface area (Å²) in [5.41, 5.74) is 4.50. The van der Waals surface area contributed by atoms with E-state index in [0.29, 0.717) is 0 Å². The van der Waals surface area contributed by atoms with Crippen LogP contribution in [-0.2, 0) is 0 Å². The third-order valence-corrected chi connectivity index (χ3v) is 0. The molecule has 0 heterocycles. The van der Waals surface area contributed by atoms with E-state index in [1.54, 1.807) is 0 Å². The molecule has 0 radical (unpaired) electrons. The highest BCUT2D eigenvalue weighted by Gasteiger charge is 2.15. The Kier molecular flexibility index (Phi) is 13.8. The molecule has 0 amide bonds. The van der Waals surface area contributed by atoms with Crippen molar-refractivity contribution in [1.29, 1.82) is 0 Å². The second kappa shape index (κ2) is 7.04. The number of halogens is 4. The van der Waals surface area contributed by atoms with E-state index in [9.17, 15) is 13.2 Å². The largest absolute Gasteiger partial charge is 0.386 e. The van der Waals surface area contributed by atoms with Crippen LogP contribution in [-0.4, -0.2) is 13.2 Å². The van der Waals surface area contributed by atoms with Crippen molar-refractivity contribution < 1.29 is 13.2 Å². The fourth-order valence-corrected chi connectivity index (χ4v) is 0. The molecule has 0 rings (SSSR count). The second-order valence-electron chi connectivity index (χ2n) is 0.781. The molecular formula is C3H9ClF3N. The maximum atomic E-state index is 10.4. The average Bonchev–Trinajstić information content (AvgIpc) is 1.36. The Morgan fingerprint density at radius 1 is 1.12 bits per heavy atom. The number of hydrogen-bond donors (Lipinski definition) is 1. The van der Waals surface area contributed by atoms with E-state index < -0.39 is 6.18 Å². The van der Waals surface area contributed by atoms with Crippen molar-refractivity contribution in [3.63, 3.8) is 0 Å². The molecule has 0 aliphatic heterocycles. The van der Waals surface area contributed by atoms with Crippen LogP contribution in [0.3, 0.4) is 0 Å². The van der Waals surface area contributed by atoms with E-state index >= 15 is 0 Å². The molecule has 0 unspecified atom stereocenters. The quantitative estimate of drug-likeness (QED) is 0.559. The average molecular weight is 152 g/mol. The van der Waals surface area contributed by atoms with Crippen molar-refractivity contribution in [2.24, 2.45) is 5.73 Å². The molecule has 0 aromatic heterocycles. The monoisotopic (exact) mass is 151 g/mol. The molecule has 0 saturated carbocycles. The van der Waals surface area contributed by atoms with E-state index in [4.69, 9.17) is 0 Å². The molecule has 0 fully saturated rings. The molecule has 8 heavy (non-hydrogen) atoms. The van der Waals surface area contributed by atoms with Crippen molar-refractivity contribution in [2.45, 2.75) is 13.1 Å². The van der Waals surface area contributed by atoms with Crippen LogP contribution in [0.1, 0.15) is 6.92 Å². The summed E-state index contributed by atoms with van der Waals surface area (Å²) in [6.07, 6.45) is -4.00. The zero-order valence-electron chi connectivity index (χ0n) is 4.62. The lowest BCUT2D eigenvalue weighted by Crippen LogP contribution is -1.95. The summed E-state index contributed by atoms with van der Waals surface area (Å²) >= 11 is 0. The van der Waals surface area contributed by atoms with Gasteiger partial charge in [0.1, 0.15) is 0 Å². The van der Waals surface area contributed by atoms with Crippen LogP contribution in [0.4, 0.5) is 13.2 Å². The van der Waals surface area contributed by atoms with Gasteiger partial charge in [-0.15, -0.1) is 12.4 Å². The molecule has 0 saturated heterocycles. The first-order valence-electron chi connectivity index (χ1n) is 1.64. The predicted octanol–water partition coefficient (Wildman–Crippen LogP) is 1.57. The van der Waals surface area contributed by atoms with Gasteiger partial charge in [-0.25, -0.2) is 0 Å². The van der Waals surface area contributed by atoms with Gasteiger partial charge >= 0.3 is 6.18 Å². The Bertz CT molecular complexity index is 30.0. The zero-order chi connectivity index (χ0) is 6.50. The van der Waals surface area contributed by atoms with Gasteiger partial charge in [-0.3, -0.25) is 0 Å². The molecule has 0 aliphatic rings. The molecule has 0 aromatic carbocycles. The van der Waals surface area contributed by atoms with Gasteiger partial charge < -0.3 is 5.73 Å². The van der Waals surface area contributed by atoms with E-state index in [1.807, 2.05) is 0 Å². The van der Waals surface area contributed by atoms with Crippen LogP contribution in [0.15, 0.2) is 0 Å². The number of nitrogens with two attached hydrogens (primary N) is 1. The van der Waals surface area contributed by atoms with Gasteiger partial charge in [0.05, 0.1) is 0 Å². The fourth-order valence-electron chi connectivity index (χ4n) is 0. The number of rotatable bonds is 0. The third kappa shape index (κ3) is 95900. The van der Waals surface area contributed by atoms with Crippen molar-refractivity contribution in [2.75, 3.05) is 7.05 Å². The van der Waals surface area contributed by atoms with Gasteiger partial charge in [0.2, 0.25) is 0 Å². The fraction of sp³-hybridized carbons (Fsp3) is 1.00. The maximum Gasteiger partial charge on any atom is 0.386 e. The van der Waals surface area contributed by atoms with E-state index in [1.165, 1.54) is 7.05 Å². The van der Waals surface area contributed by atoms with Gasteiger partial charge in [-0.2, -0.15) is 13.2 Å². The van der Waals surface area contributed by atoms with E-state index in [0.717, 1.165) is 0 Å². The highest BCUT2D eigenvalue weighted by molar-refractivity contribution is 5.85. The lowest BCUT2D eigenvalue weighted by molar-refractivity contribution is -0.110. The Balaban J connectivity index is -0.0000000750. The Morgan fingerprint density at radius 2 is 1.12 bits per heavy atom. The van der Waals surface area contributed by atoms with Crippen molar-refractivity contribution in [3.05, 3.63) is 0 Å². The summed E-state index contributed by atoms with van der Waals surface area (Å²) < 4.78 is 31.1. The Morgan fingerprint density at radius 3 is 1.12 bits per heavy atom. The predicted molar refractivity (Wildman–Crippen MR) is 29.1 cm³/mol. The number of alkyl halides is 3. The van der Waals surface area contributed by atoms with Crippen LogP contribution in [0.2, 0.25) is 0 Å². The minimum Gasteiger partial charge on any atom is -0.333 e. The molecule has 2 N–H and O–H groups in total. The standard InChI is InChI=1S/C2H3F3.CH5N.ClH/c1-2(3,4)5;1-2;/h1H3;2H2,1H3;1H. The summed E-state index contributed by atoms with van der Waals surface area (Å²) in [4.78, 5) is 0. The van der Waals surface area contributed by atoms with Crippen LogP contribution in [0, 0.1) is 0 Å². The SMILES string of the molecule is CC(F)(F)F.CN.Cl. The van der Waals surface area contributed by atoms with E-state index in [-0.39, 0.29) is 19.3 Å². The molecule has 54 valence electrons. The second-order valence-corrected chi connectivity index (χ2v) is 0.781. The van der Waals surface area contributed by atoms with Gasteiger partial charge in [0, 0.05) is 6.92 Å². The van der Waals surface area contributed by atoms with Crippen molar-refractivity contribution in [3.8, 4) is 0 Å². The molecule has 0 aliphatic carbocycles. The third-order valence-electron chi connectivity index (χ3n) is 0. The van der Waals surface area contributed by atoms with Gasteiger partial charge in [0.15, 0.2) is 0 Å². The van der Waals surface area contributed by atoms with Gasteiger partial charge in [-0.1, -0.05) is 0 Å². The summed E-state index contributed by atoms with van der Waals surface area (Å²) in [6.45, 7) is 0.188. The normalized spacial score (nSPS) is 8.25. The maximum absolute atomic E-state index is 10.4. The molecule has 5 heteroatoms. The zero-order valence-corrected chi connectivity index (χ0v) is 5.44. The topological polar surface area (TPSA) is 26.0 Å². The summed E-state index contributed by atoms with van der Waals surface area (Å²) in [5.74, 6) is 0. The minimum atomic E-state index is -4.00. The van der Waals surface area contributed by atoms with Crippen LogP contribution in [0.5, 0.6) is 0 Å². The van der Waals surface area contributed by atoms with Crippen molar-refractivity contribution >= 4 is 12.4 Å². The minimum absolute atomic E-state index is 0. The molecule has 0 spiro atoms. The molecule has 0 bridgehead atoms. The smallest absolute Gasteiger partial charge is 0.333 e. The lowest BCUT2D eigenvalue weighted by Gasteiger charge is -1.88. The van der Waals surface area contributed by atoms with Gasteiger partial charge in [-0.05, 0) is 7.05 Å². The highest BCUT2D eigenvalue weighted by atomic mass is 35.5. The summed E-state index contributed by atoms with van der Waals surface area (Å²) in [7, 11) is 1.50.